The lowest BCUT2D eigenvalue weighted by Crippen LogP contribution is -2.13. The van der Waals surface area contributed by atoms with Gasteiger partial charge in [-0.15, -0.1) is 0 Å². The first-order valence-electron chi connectivity index (χ1n) is 3.72. The Morgan fingerprint density at radius 1 is 1.53 bits per heavy atom. The number of nitrogens with zero attached hydrogens (tertiary/aromatic N) is 1. The minimum absolute atomic E-state index is 0.0948. The highest BCUT2D eigenvalue weighted by molar-refractivity contribution is 9.08. The summed E-state index contributed by atoms with van der Waals surface area (Å²) in [5.74, 6) is 0. The Hall–Kier alpha value is -0.600. The standard InChI is InChI=1S/C7H7BrF2N2O2S/c8-2-6-5(7(9)10)1-4(3-12-6)15(11,13)14/h1,3,7H,2H2,(H2,11,13,14). The molecule has 1 aromatic heterocycles. The Kier molecular flexibility index (Phi) is 3.74. The molecule has 0 aliphatic carbocycles. The molecular weight excluding hydrogens is 294 g/mol. The quantitative estimate of drug-likeness (QED) is 0.861. The van der Waals surface area contributed by atoms with E-state index in [0.29, 0.717) is 0 Å². The van der Waals surface area contributed by atoms with Crippen LogP contribution in [0.15, 0.2) is 17.2 Å². The summed E-state index contributed by atoms with van der Waals surface area (Å²) in [5.41, 5.74) is -0.337. The maximum atomic E-state index is 12.5. The number of sulfonamides is 1. The molecule has 1 rings (SSSR count). The number of hydrogen-bond donors (Lipinski definition) is 1. The van der Waals surface area contributed by atoms with Crippen molar-refractivity contribution in [2.24, 2.45) is 5.14 Å². The van der Waals surface area contributed by atoms with Crippen molar-refractivity contribution >= 4 is 26.0 Å². The average Bonchev–Trinajstić information content (AvgIpc) is 2.15. The van der Waals surface area contributed by atoms with E-state index in [0.717, 1.165) is 12.3 Å². The van der Waals surface area contributed by atoms with Crippen molar-refractivity contribution in [1.29, 1.82) is 0 Å². The predicted octanol–water partition coefficient (Wildman–Crippen LogP) is 1.56. The molecule has 0 saturated carbocycles. The van der Waals surface area contributed by atoms with Crippen LogP contribution in [0, 0.1) is 0 Å². The monoisotopic (exact) mass is 300 g/mol. The summed E-state index contributed by atoms with van der Waals surface area (Å²) in [6.07, 6.45) is -1.83. The van der Waals surface area contributed by atoms with Crippen molar-refractivity contribution in [3.8, 4) is 0 Å². The van der Waals surface area contributed by atoms with Crippen LogP contribution in [0.4, 0.5) is 8.78 Å². The summed E-state index contributed by atoms with van der Waals surface area (Å²) in [6.45, 7) is 0. The van der Waals surface area contributed by atoms with Gasteiger partial charge >= 0.3 is 0 Å². The largest absolute Gasteiger partial charge is 0.265 e. The number of hydrogen-bond acceptors (Lipinski definition) is 3. The third kappa shape index (κ3) is 2.93. The van der Waals surface area contributed by atoms with Gasteiger partial charge in [-0.25, -0.2) is 22.3 Å². The van der Waals surface area contributed by atoms with E-state index >= 15 is 0 Å². The highest BCUT2D eigenvalue weighted by Gasteiger charge is 2.18. The first kappa shape index (κ1) is 12.5. The van der Waals surface area contributed by atoms with Gasteiger partial charge in [0.15, 0.2) is 0 Å². The van der Waals surface area contributed by atoms with E-state index in [-0.39, 0.29) is 11.0 Å². The molecule has 4 nitrogen and oxygen atoms in total. The van der Waals surface area contributed by atoms with Gasteiger partial charge in [0.2, 0.25) is 10.0 Å². The molecular formula is C7H7BrF2N2O2S. The molecule has 0 aliphatic heterocycles. The topological polar surface area (TPSA) is 73.1 Å². The molecule has 0 fully saturated rings. The fourth-order valence-electron chi connectivity index (χ4n) is 0.946. The van der Waals surface area contributed by atoms with Gasteiger partial charge < -0.3 is 0 Å². The van der Waals surface area contributed by atoms with Crippen molar-refractivity contribution < 1.29 is 17.2 Å². The zero-order chi connectivity index (χ0) is 11.6. The molecule has 2 N–H and O–H groups in total. The van der Waals surface area contributed by atoms with Gasteiger partial charge in [-0.1, -0.05) is 15.9 Å². The normalized spacial score (nSPS) is 12.1. The molecule has 1 aromatic rings. The maximum absolute atomic E-state index is 12.5. The second-order valence-electron chi connectivity index (χ2n) is 2.69. The number of nitrogens with two attached hydrogens (primary N) is 1. The molecule has 0 atom stereocenters. The number of aromatic nitrogens is 1. The van der Waals surface area contributed by atoms with Crippen LogP contribution in [-0.4, -0.2) is 13.4 Å². The van der Waals surface area contributed by atoms with Crippen LogP contribution in [0.2, 0.25) is 0 Å². The SMILES string of the molecule is NS(=O)(=O)c1cnc(CBr)c(C(F)F)c1. The molecule has 0 radical (unpaired) electrons. The molecule has 0 bridgehead atoms. The highest BCUT2D eigenvalue weighted by Crippen LogP contribution is 2.25. The summed E-state index contributed by atoms with van der Waals surface area (Å²) in [6, 6.07) is 0.837. The predicted molar refractivity (Wildman–Crippen MR) is 53.2 cm³/mol. The fraction of sp³-hybridized carbons (Fsp3) is 0.286. The fourth-order valence-corrected chi connectivity index (χ4v) is 1.91. The minimum atomic E-state index is -3.99. The Labute approximate surface area is 93.7 Å². The van der Waals surface area contributed by atoms with Crippen LogP contribution < -0.4 is 5.14 Å². The van der Waals surface area contributed by atoms with Crippen LogP contribution in [0.3, 0.4) is 0 Å². The highest BCUT2D eigenvalue weighted by atomic mass is 79.9. The molecule has 15 heavy (non-hydrogen) atoms. The van der Waals surface area contributed by atoms with Crippen LogP contribution in [-0.2, 0) is 15.4 Å². The molecule has 1 heterocycles. The molecule has 0 aromatic carbocycles. The van der Waals surface area contributed by atoms with Crippen molar-refractivity contribution in [3.63, 3.8) is 0 Å². The number of rotatable bonds is 3. The molecule has 0 unspecified atom stereocenters. The van der Waals surface area contributed by atoms with Gasteiger partial charge in [0.1, 0.15) is 4.90 Å². The lowest BCUT2D eigenvalue weighted by atomic mass is 10.2. The van der Waals surface area contributed by atoms with Crippen molar-refractivity contribution in [2.45, 2.75) is 16.7 Å². The van der Waals surface area contributed by atoms with Gasteiger partial charge in [-0.05, 0) is 6.07 Å². The van der Waals surface area contributed by atoms with Crippen molar-refractivity contribution in [1.82, 2.24) is 4.98 Å². The zero-order valence-electron chi connectivity index (χ0n) is 7.32. The Balaban J connectivity index is 3.35. The second kappa shape index (κ2) is 4.50. The van der Waals surface area contributed by atoms with Gasteiger partial charge in [-0.2, -0.15) is 0 Å². The lowest BCUT2D eigenvalue weighted by Gasteiger charge is -2.06. The van der Waals surface area contributed by atoms with E-state index in [1.54, 1.807) is 0 Å². The summed E-state index contributed by atoms with van der Waals surface area (Å²) in [4.78, 5) is 3.18. The first-order chi connectivity index (χ1) is 6.86. The molecule has 0 amide bonds. The number of primary sulfonamides is 1. The maximum Gasteiger partial charge on any atom is 0.265 e. The number of halogens is 3. The smallest absolute Gasteiger partial charge is 0.258 e. The first-order valence-corrected chi connectivity index (χ1v) is 6.38. The Morgan fingerprint density at radius 2 is 2.13 bits per heavy atom. The van der Waals surface area contributed by atoms with Crippen molar-refractivity contribution in [2.75, 3.05) is 0 Å². The Morgan fingerprint density at radius 3 is 2.53 bits per heavy atom. The summed E-state index contributed by atoms with van der Waals surface area (Å²) >= 11 is 2.98. The van der Waals surface area contributed by atoms with Crippen LogP contribution in [0.1, 0.15) is 17.7 Å². The van der Waals surface area contributed by atoms with Crippen molar-refractivity contribution in [3.05, 3.63) is 23.5 Å². The Bertz CT molecular complexity index is 464. The van der Waals surface area contributed by atoms with E-state index in [9.17, 15) is 17.2 Å². The molecule has 0 spiro atoms. The third-order valence-electron chi connectivity index (χ3n) is 1.67. The van der Waals surface area contributed by atoms with Gasteiger partial charge in [-0.3, -0.25) is 4.98 Å². The van der Waals surface area contributed by atoms with Gasteiger partial charge in [0.25, 0.3) is 6.43 Å². The van der Waals surface area contributed by atoms with Gasteiger partial charge in [0.05, 0.1) is 5.69 Å². The summed E-state index contributed by atoms with van der Waals surface area (Å²) in [5, 5.41) is 4.92. The van der Waals surface area contributed by atoms with Crippen LogP contribution in [0.25, 0.3) is 0 Å². The number of pyridine rings is 1. The van der Waals surface area contributed by atoms with E-state index in [1.807, 2.05) is 0 Å². The number of alkyl halides is 3. The van der Waals surface area contributed by atoms with E-state index in [4.69, 9.17) is 5.14 Å². The summed E-state index contributed by atoms with van der Waals surface area (Å²) in [7, 11) is -3.99. The summed E-state index contributed by atoms with van der Waals surface area (Å²) < 4.78 is 46.7. The van der Waals surface area contributed by atoms with E-state index in [1.165, 1.54) is 0 Å². The molecule has 0 aliphatic rings. The average molecular weight is 301 g/mol. The van der Waals surface area contributed by atoms with Gasteiger partial charge in [0, 0.05) is 17.1 Å². The van der Waals surface area contributed by atoms with Crippen LogP contribution in [0.5, 0.6) is 0 Å². The second-order valence-corrected chi connectivity index (χ2v) is 4.81. The molecule has 8 heteroatoms. The van der Waals surface area contributed by atoms with E-state index < -0.39 is 26.9 Å². The van der Waals surface area contributed by atoms with Crippen LogP contribution >= 0.6 is 15.9 Å². The lowest BCUT2D eigenvalue weighted by molar-refractivity contribution is 0.149. The van der Waals surface area contributed by atoms with E-state index in [2.05, 4.69) is 20.9 Å². The zero-order valence-corrected chi connectivity index (χ0v) is 9.72. The molecule has 84 valence electrons. The third-order valence-corrected chi connectivity index (χ3v) is 3.08. The minimum Gasteiger partial charge on any atom is -0.258 e. The molecule has 0 saturated heterocycles.